The van der Waals surface area contributed by atoms with Crippen LogP contribution >= 0.6 is 11.6 Å². The van der Waals surface area contributed by atoms with E-state index in [1.54, 1.807) is 18.2 Å². The zero-order valence-corrected chi connectivity index (χ0v) is 15.5. The Hall–Kier alpha value is -2.73. The van der Waals surface area contributed by atoms with E-state index in [9.17, 15) is 4.79 Å². The Balaban J connectivity index is 1.86. The molecule has 0 saturated heterocycles. The number of nitrogens with one attached hydrogen (secondary N) is 1. The van der Waals surface area contributed by atoms with Gasteiger partial charge in [-0.3, -0.25) is 0 Å². The van der Waals surface area contributed by atoms with Gasteiger partial charge in [0, 0.05) is 17.0 Å². The molecule has 0 aliphatic heterocycles. The van der Waals surface area contributed by atoms with Crippen LogP contribution in [0, 0.1) is 13.8 Å². The van der Waals surface area contributed by atoms with E-state index in [0.29, 0.717) is 36.0 Å². The third kappa shape index (κ3) is 6.29. The summed E-state index contributed by atoms with van der Waals surface area (Å²) < 4.78 is 11.6. The highest BCUT2D eigenvalue weighted by Gasteiger charge is 2.04. The van der Waals surface area contributed by atoms with Gasteiger partial charge in [0.1, 0.15) is 11.5 Å². The van der Waals surface area contributed by atoms with Crippen LogP contribution in [0.1, 0.15) is 23.1 Å². The van der Waals surface area contributed by atoms with E-state index in [2.05, 4.69) is 16.6 Å². The molecule has 0 aliphatic carbocycles. The van der Waals surface area contributed by atoms with Gasteiger partial charge in [0.05, 0.1) is 19.4 Å². The molecule has 0 unspecified atom stereocenters. The van der Waals surface area contributed by atoms with Gasteiger partial charge in [0.2, 0.25) is 0 Å². The number of hydrogen-bond donors (Lipinski definition) is 2. The van der Waals surface area contributed by atoms with Crippen LogP contribution in [0.2, 0.25) is 5.02 Å². The molecule has 2 rings (SSSR count). The third-order valence-electron chi connectivity index (χ3n) is 3.50. The van der Waals surface area contributed by atoms with Gasteiger partial charge in [0.25, 0.3) is 0 Å². The van der Waals surface area contributed by atoms with E-state index in [1.807, 2.05) is 26.0 Å². The number of carbonyl (C=O) groups is 1. The van der Waals surface area contributed by atoms with Gasteiger partial charge in [0.15, 0.2) is 0 Å². The summed E-state index contributed by atoms with van der Waals surface area (Å²) >= 11 is 5.99. The molecule has 0 fully saturated rings. The topological polar surface area (TPSA) is 85.9 Å². The lowest BCUT2D eigenvalue weighted by atomic mass is 10.1. The summed E-state index contributed by atoms with van der Waals surface area (Å²) in [5.74, 6) is 1.50. The molecular weight excluding hydrogens is 354 g/mol. The summed E-state index contributed by atoms with van der Waals surface area (Å²) in [6.07, 6.45) is 2.14. The summed E-state index contributed by atoms with van der Waals surface area (Å²) in [7, 11) is 0. The lowest BCUT2D eigenvalue weighted by Gasteiger charge is -2.12. The minimum atomic E-state index is -0.741. The van der Waals surface area contributed by atoms with Crippen molar-refractivity contribution < 1.29 is 14.3 Å². The predicted octanol–water partition coefficient (Wildman–Crippen LogP) is 3.81. The summed E-state index contributed by atoms with van der Waals surface area (Å²) in [4.78, 5) is 10.7. The number of hydrogen-bond acceptors (Lipinski definition) is 4. The molecule has 26 heavy (non-hydrogen) atoms. The Morgan fingerprint density at radius 3 is 2.62 bits per heavy atom. The molecule has 0 heterocycles. The fraction of sp³-hybridized carbons (Fsp3) is 0.263. The van der Waals surface area contributed by atoms with Crippen molar-refractivity contribution in [2.45, 2.75) is 20.3 Å². The zero-order valence-electron chi connectivity index (χ0n) is 14.8. The number of amides is 2. The molecule has 0 radical (unpaired) electrons. The lowest BCUT2D eigenvalue weighted by molar-refractivity contribution is 0.246. The molecular formula is C19H22ClN3O3. The van der Waals surface area contributed by atoms with Gasteiger partial charge in [-0.1, -0.05) is 23.7 Å². The molecule has 0 bridgehead atoms. The summed E-state index contributed by atoms with van der Waals surface area (Å²) in [5, 5.41) is 4.27. The van der Waals surface area contributed by atoms with Gasteiger partial charge < -0.3 is 15.2 Å². The van der Waals surface area contributed by atoms with Gasteiger partial charge in [-0.2, -0.15) is 5.10 Å². The molecule has 7 heteroatoms. The zero-order chi connectivity index (χ0) is 18.9. The van der Waals surface area contributed by atoms with Gasteiger partial charge in [-0.25, -0.2) is 10.2 Å². The van der Waals surface area contributed by atoms with Crippen molar-refractivity contribution in [2.75, 3.05) is 13.2 Å². The van der Waals surface area contributed by atoms with E-state index < -0.39 is 6.03 Å². The number of nitrogens with two attached hydrogens (primary N) is 1. The summed E-state index contributed by atoms with van der Waals surface area (Å²) in [6, 6.07) is 10.5. The first-order valence-corrected chi connectivity index (χ1v) is 8.54. The summed E-state index contributed by atoms with van der Waals surface area (Å²) in [5.41, 5.74) is 10.0. The molecule has 0 atom stereocenters. The fourth-order valence-electron chi connectivity index (χ4n) is 2.20. The van der Waals surface area contributed by atoms with E-state index in [-0.39, 0.29) is 0 Å². The summed E-state index contributed by atoms with van der Waals surface area (Å²) in [6.45, 7) is 5.07. The maximum absolute atomic E-state index is 10.7. The Morgan fingerprint density at radius 1 is 1.15 bits per heavy atom. The molecule has 0 aromatic heterocycles. The lowest BCUT2D eigenvalue weighted by Crippen LogP contribution is -2.24. The van der Waals surface area contributed by atoms with Crippen LogP contribution in [0.15, 0.2) is 41.5 Å². The highest BCUT2D eigenvalue weighted by atomic mass is 35.5. The SMILES string of the molecule is Cc1ccc(C)c(OCCCOc2ccc(Cl)cc2/C=N/NC(N)=O)c1. The predicted molar refractivity (Wildman–Crippen MR) is 103 cm³/mol. The van der Waals surface area contributed by atoms with E-state index >= 15 is 0 Å². The van der Waals surface area contributed by atoms with Crippen molar-refractivity contribution >= 4 is 23.8 Å². The molecule has 2 aromatic rings. The second-order valence-corrected chi connectivity index (χ2v) is 6.17. The minimum Gasteiger partial charge on any atom is -0.493 e. The Labute approximate surface area is 157 Å². The number of aryl methyl sites for hydroxylation is 2. The van der Waals surface area contributed by atoms with Crippen LogP contribution in [-0.4, -0.2) is 25.5 Å². The first-order valence-electron chi connectivity index (χ1n) is 8.16. The fourth-order valence-corrected chi connectivity index (χ4v) is 2.38. The quantitative estimate of drug-likeness (QED) is 0.418. The van der Waals surface area contributed by atoms with Crippen molar-refractivity contribution in [3.8, 4) is 11.5 Å². The maximum atomic E-state index is 10.7. The number of carbonyl (C=O) groups excluding carboxylic acids is 1. The van der Waals surface area contributed by atoms with Gasteiger partial charge in [-0.05, 0) is 49.2 Å². The molecule has 6 nitrogen and oxygen atoms in total. The smallest absolute Gasteiger partial charge is 0.332 e. The molecule has 2 amide bonds. The average molecular weight is 376 g/mol. The number of ether oxygens (including phenoxy) is 2. The minimum absolute atomic E-state index is 0.469. The van der Waals surface area contributed by atoms with E-state index in [1.165, 1.54) is 6.21 Å². The Bertz CT molecular complexity index is 794. The molecule has 138 valence electrons. The first-order chi connectivity index (χ1) is 12.5. The third-order valence-corrected chi connectivity index (χ3v) is 3.73. The molecule has 2 aromatic carbocycles. The van der Waals surface area contributed by atoms with Crippen LogP contribution in [0.3, 0.4) is 0 Å². The van der Waals surface area contributed by atoms with Crippen LogP contribution in [0.5, 0.6) is 11.5 Å². The largest absolute Gasteiger partial charge is 0.493 e. The molecule has 0 saturated carbocycles. The van der Waals surface area contributed by atoms with Gasteiger partial charge >= 0.3 is 6.03 Å². The normalized spacial score (nSPS) is 10.7. The number of hydrazone groups is 1. The van der Waals surface area contributed by atoms with Crippen LogP contribution < -0.4 is 20.6 Å². The number of primary amides is 1. The van der Waals surface area contributed by atoms with Crippen LogP contribution in [-0.2, 0) is 0 Å². The van der Waals surface area contributed by atoms with Crippen LogP contribution in [0.25, 0.3) is 0 Å². The Kier molecular flexibility index (Phi) is 7.29. The van der Waals surface area contributed by atoms with Crippen molar-refractivity contribution in [1.29, 1.82) is 0 Å². The maximum Gasteiger partial charge on any atom is 0.332 e. The molecule has 0 spiro atoms. The number of nitrogens with zero attached hydrogens (tertiary/aromatic N) is 1. The van der Waals surface area contributed by atoms with Gasteiger partial charge in [-0.15, -0.1) is 0 Å². The first kappa shape index (κ1) is 19.6. The second kappa shape index (κ2) is 9.68. The van der Waals surface area contributed by atoms with Crippen molar-refractivity contribution in [1.82, 2.24) is 5.43 Å². The van der Waals surface area contributed by atoms with Crippen LogP contribution in [0.4, 0.5) is 4.79 Å². The highest BCUT2D eigenvalue weighted by Crippen LogP contribution is 2.22. The highest BCUT2D eigenvalue weighted by molar-refractivity contribution is 6.30. The molecule has 3 N–H and O–H groups in total. The number of urea groups is 1. The standard InChI is InChI=1S/C19H22ClN3O3/c1-13-4-5-14(2)18(10-13)26-9-3-8-25-17-7-6-16(20)11-15(17)12-22-23-19(21)24/h4-7,10-12H,3,8-9H2,1-2H3,(H3,21,23,24)/b22-12+. The Morgan fingerprint density at radius 2 is 1.88 bits per heavy atom. The second-order valence-electron chi connectivity index (χ2n) is 5.74. The average Bonchev–Trinajstić information content (AvgIpc) is 2.59. The molecule has 0 aliphatic rings. The van der Waals surface area contributed by atoms with Crippen molar-refractivity contribution in [2.24, 2.45) is 10.8 Å². The van der Waals surface area contributed by atoms with E-state index in [4.69, 9.17) is 26.8 Å². The van der Waals surface area contributed by atoms with E-state index in [0.717, 1.165) is 16.9 Å². The monoisotopic (exact) mass is 375 g/mol. The van der Waals surface area contributed by atoms with Crippen molar-refractivity contribution in [3.05, 3.63) is 58.1 Å². The number of halogens is 1. The number of rotatable bonds is 8. The number of benzene rings is 2. The van der Waals surface area contributed by atoms with Crippen molar-refractivity contribution in [3.63, 3.8) is 0 Å².